The molecule has 0 heterocycles. The van der Waals surface area contributed by atoms with E-state index in [1.54, 1.807) is 0 Å². The molecule has 0 unspecified atom stereocenters. The second kappa shape index (κ2) is 5.29. The van der Waals surface area contributed by atoms with E-state index in [4.69, 9.17) is 5.26 Å². The number of rotatable bonds is 3. The lowest BCUT2D eigenvalue weighted by Gasteiger charge is -2.22. The molecule has 0 saturated carbocycles. The Morgan fingerprint density at radius 1 is 0.895 bits per heavy atom. The summed E-state index contributed by atoms with van der Waals surface area (Å²) in [5, 5.41) is 13.9. The minimum Gasteiger partial charge on any atom is -0.355 e. The molecule has 0 aliphatic rings. The molecule has 19 heavy (non-hydrogen) atoms. The van der Waals surface area contributed by atoms with Crippen LogP contribution in [0.25, 0.3) is 0 Å². The Labute approximate surface area is 115 Å². The highest BCUT2D eigenvalue weighted by molar-refractivity contribution is 6.89. The molecule has 0 aliphatic carbocycles. The smallest absolute Gasteiger partial charge is 0.101 e. The van der Waals surface area contributed by atoms with E-state index in [1.165, 1.54) is 5.19 Å². The first-order chi connectivity index (χ1) is 9.02. The molecule has 0 atom stereocenters. The van der Waals surface area contributed by atoms with Gasteiger partial charge in [-0.2, -0.15) is 5.26 Å². The van der Waals surface area contributed by atoms with E-state index < -0.39 is 8.07 Å². The summed E-state index contributed by atoms with van der Waals surface area (Å²) >= 11 is 0. The van der Waals surface area contributed by atoms with Crippen LogP contribution in [-0.4, -0.2) is 8.07 Å². The van der Waals surface area contributed by atoms with Crippen LogP contribution in [0.15, 0.2) is 48.5 Å². The largest absolute Gasteiger partial charge is 0.355 e. The number of hydrogen-bond acceptors (Lipinski definition) is 2. The van der Waals surface area contributed by atoms with Crippen molar-refractivity contribution >= 4 is 24.6 Å². The van der Waals surface area contributed by atoms with Gasteiger partial charge >= 0.3 is 0 Å². The van der Waals surface area contributed by atoms with Crippen molar-refractivity contribution in [1.82, 2.24) is 0 Å². The maximum absolute atomic E-state index is 9.14. The van der Waals surface area contributed by atoms with Gasteiger partial charge in [0.15, 0.2) is 0 Å². The number of nitrogens with zero attached hydrogens (tertiary/aromatic N) is 1. The summed E-state index contributed by atoms with van der Waals surface area (Å²) < 4.78 is 0. The van der Waals surface area contributed by atoms with E-state index in [0.29, 0.717) is 5.56 Å². The quantitative estimate of drug-likeness (QED) is 0.857. The summed E-state index contributed by atoms with van der Waals surface area (Å²) in [7, 11) is -1.40. The van der Waals surface area contributed by atoms with Crippen LogP contribution >= 0.6 is 0 Å². The van der Waals surface area contributed by atoms with Crippen LogP contribution in [-0.2, 0) is 0 Å². The van der Waals surface area contributed by atoms with Crippen molar-refractivity contribution in [3.63, 3.8) is 0 Å². The van der Waals surface area contributed by atoms with Gasteiger partial charge in [0.1, 0.15) is 6.07 Å². The summed E-state index contributed by atoms with van der Waals surface area (Å²) in [4.78, 5) is 0. The molecule has 0 fully saturated rings. The summed E-state index contributed by atoms with van der Waals surface area (Å²) in [6.45, 7) is 6.97. The Morgan fingerprint density at radius 3 is 2.11 bits per heavy atom. The third kappa shape index (κ3) is 3.04. The number of hydrogen-bond donors (Lipinski definition) is 1. The van der Waals surface area contributed by atoms with E-state index in [0.717, 1.165) is 11.4 Å². The first-order valence-corrected chi connectivity index (χ1v) is 9.88. The zero-order valence-corrected chi connectivity index (χ0v) is 12.6. The van der Waals surface area contributed by atoms with Crippen LogP contribution < -0.4 is 10.5 Å². The van der Waals surface area contributed by atoms with Crippen LogP contribution in [0.1, 0.15) is 5.56 Å². The molecule has 0 radical (unpaired) electrons. The fraction of sp³-hybridized carbons (Fsp3) is 0.188. The third-order valence-electron chi connectivity index (χ3n) is 3.05. The Bertz CT molecular complexity index is 621. The predicted octanol–water partition coefficient (Wildman–Crippen LogP) is 3.85. The van der Waals surface area contributed by atoms with Gasteiger partial charge in [0, 0.05) is 5.69 Å². The van der Waals surface area contributed by atoms with E-state index in [-0.39, 0.29) is 0 Å². The number of anilines is 2. The zero-order valence-electron chi connectivity index (χ0n) is 11.6. The van der Waals surface area contributed by atoms with Crippen molar-refractivity contribution in [2.75, 3.05) is 5.32 Å². The molecule has 2 aromatic rings. The minimum absolute atomic E-state index is 0.674. The maximum Gasteiger partial charge on any atom is 0.101 e. The normalized spacial score (nSPS) is 10.8. The Balaban J connectivity index is 2.43. The third-order valence-corrected chi connectivity index (χ3v) is 5.10. The van der Waals surface area contributed by atoms with Gasteiger partial charge in [0.25, 0.3) is 0 Å². The molecule has 0 aromatic heterocycles. The molecule has 0 spiro atoms. The molecule has 2 aromatic carbocycles. The molecular formula is C16H18N2Si. The van der Waals surface area contributed by atoms with Crippen LogP contribution in [0.2, 0.25) is 19.6 Å². The average molecular weight is 266 g/mol. The van der Waals surface area contributed by atoms with Crippen molar-refractivity contribution in [1.29, 1.82) is 5.26 Å². The van der Waals surface area contributed by atoms with E-state index in [1.807, 2.05) is 30.3 Å². The summed E-state index contributed by atoms with van der Waals surface area (Å²) in [6.07, 6.45) is 0. The van der Waals surface area contributed by atoms with Crippen molar-refractivity contribution < 1.29 is 0 Å². The lowest BCUT2D eigenvalue weighted by molar-refractivity contribution is 1.46. The molecule has 0 amide bonds. The second-order valence-corrected chi connectivity index (χ2v) is 10.6. The number of para-hydroxylation sites is 2. The molecule has 0 saturated heterocycles. The molecular weight excluding hydrogens is 248 g/mol. The lowest BCUT2D eigenvalue weighted by atomic mass is 10.2. The van der Waals surface area contributed by atoms with Gasteiger partial charge in [0.2, 0.25) is 0 Å². The monoisotopic (exact) mass is 266 g/mol. The maximum atomic E-state index is 9.14. The molecule has 0 aliphatic heterocycles. The average Bonchev–Trinajstić information content (AvgIpc) is 2.39. The standard InChI is InChI=1S/C16H18N2Si/c1-19(2,3)16-11-7-6-10-15(16)18-14-9-5-4-8-13(14)12-17/h4-11,18H,1-3H3. The highest BCUT2D eigenvalue weighted by Crippen LogP contribution is 2.20. The molecule has 3 heteroatoms. The molecule has 2 nitrogen and oxygen atoms in total. The van der Waals surface area contributed by atoms with Crippen molar-refractivity contribution in [3.05, 3.63) is 54.1 Å². The number of nitrogens with one attached hydrogen (secondary N) is 1. The van der Waals surface area contributed by atoms with Gasteiger partial charge in [-0.3, -0.25) is 0 Å². The summed E-state index contributed by atoms with van der Waals surface area (Å²) in [5.74, 6) is 0. The topological polar surface area (TPSA) is 35.8 Å². The van der Waals surface area contributed by atoms with Crippen LogP contribution in [0.3, 0.4) is 0 Å². The molecule has 0 bridgehead atoms. The SMILES string of the molecule is C[Si](C)(C)c1ccccc1Nc1ccccc1C#N. The fourth-order valence-electron chi connectivity index (χ4n) is 2.08. The van der Waals surface area contributed by atoms with Crippen LogP contribution in [0, 0.1) is 11.3 Å². The van der Waals surface area contributed by atoms with Gasteiger partial charge < -0.3 is 5.32 Å². The molecule has 96 valence electrons. The van der Waals surface area contributed by atoms with Gasteiger partial charge in [-0.05, 0) is 23.4 Å². The van der Waals surface area contributed by atoms with Crippen molar-refractivity contribution in [2.24, 2.45) is 0 Å². The van der Waals surface area contributed by atoms with Gasteiger partial charge in [0.05, 0.1) is 19.3 Å². The summed E-state index contributed by atoms with van der Waals surface area (Å²) in [6, 6.07) is 18.2. The lowest BCUT2D eigenvalue weighted by Crippen LogP contribution is -2.39. The van der Waals surface area contributed by atoms with Crippen LogP contribution in [0.5, 0.6) is 0 Å². The predicted molar refractivity (Wildman–Crippen MR) is 83.9 cm³/mol. The summed E-state index contributed by atoms with van der Waals surface area (Å²) in [5.41, 5.74) is 2.66. The van der Waals surface area contributed by atoms with Crippen molar-refractivity contribution in [2.45, 2.75) is 19.6 Å². The number of nitriles is 1. The van der Waals surface area contributed by atoms with E-state index >= 15 is 0 Å². The zero-order chi connectivity index (χ0) is 13.9. The van der Waals surface area contributed by atoms with Crippen molar-refractivity contribution in [3.8, 4) is 6.07 Å². The highest BCUT2D eigenvalue weighted by atomic mass is 28.3. The Hall–Kier alpha value is -2.05. The van der Waals surface area contributed by atoms with Gasteiger partial charge in [-0.1, -0.05) is 50.0 Å². The number of benzene rings is 2. The first-order valence-electron chi connectivity index (χ1n) is 6.38. The highest BCUT2D eigenvalue weighted by Gasteiger charge is 2.20. The minimum atomic E-state index is -1.40. The fourth-order valence-corrected chi connectivity index (χ4v) is 3.63. The van der Waals surface area contributed by atoms with E-state index in [9.17, 15) is 0 Å². The molecule has 2 rings (SSSR count). The molecule has 1 N–H and O–H groups in total. The van der Waals surface area contributed by atoms with Gasteiger partial charge in [-0.15, -0.1) is 0 Å². The van der Waals surface area contributed by atoms with E-state index in [2.05, 4.69) is 49.2 Å². The van der Waals surface area contributed by atoms with Crippen LogP contribution in [0.4, 0.5) is 11.4 Å². The Kier molecular flexibility index (Phi) is 3.73. The van der Waals surface area contributed by atoms with Gasteiger partial charge in [-0.25, -0.2) is 0 Å². The first kappa shape index (κ1) is 13.4. The Morgan fingerprint density at radius 2 is 1.47 bits per heavy atom. The second-order valence-electron chi connectivity index (χ2n) is 5.58.